The molecule has 3 N–H and O–H groups in total. The van der Waals surface area contributed by atoms with Crippen LogP contribution in [0.15, 0.2) is 70.9 Å². The van der Waals surface area contributed by atoms with Gasteiger partial charge in [-0.2, -0.15) is 0 Å². The largest absolute Gasteiger partial charge is 0.481 e. The lowest BCUT2D eigenvalue weighted by atomic mass is 9.33. The molecular weight excluding hydrogens is 1270 g/mol. The minimum absolute atomic E-state index is 0.0903. The average molecular weight is 1400 g/mol. The van der Waals surface area contributed by atoms with E-state index in [1.54, 1.807) is 5.57 Å². The van der Waals surface area contributed by atoms with Crippen molar-refractivity contribution in [3.05, 3.63) is 70.9 Å². The number of nitrogens with one attached hydrogen (secondary N) is 2. The van der Waals surface area contributed by atoms with Crippen LogP contribution in [-0.2, 0) is 34.0 Å². The molecule has 0 aromatic heterocycles. The van der Waals surface area contributed by atoms with Gasteiger partial charge in [-0.3, -0.25) is 9.59 Å². The monoisotopic (exact) mass is 1400 g/mol. The minimum atomic E-state index is -2.86. The number of methoxy groups -OCH3 is 1. The summed E-state index contributed by atoms with van der Waals surface area (Å²) in [4.78, 5) is 28.2. The Morgan fingerprint density at radius 1 is 0.515 bits per heavy atom. The van der Waals surface area contributed by atoms with Crippen LogP contribution in [-0.4, -0.2) is 137 Å². The number of fused-ring (bicyclic) bond motifs is 14. The molecule has 0 spiro atoms. The molecule has 0 bridgehead atoms. The second-order valence-electron chi connectivity index (χ2n) is 39.0. The summed E-state index contributed by atoms with van der Waals surface area (Å²) >= 11 is 0. The number of ether oxygens (including phenoxy) is 1. The molecule has 2 heterocycles. The zero-order chi connectivity index (χ0) is 71.1. The van der Waals surface area contributed by atoms with E-state index in [0.717, 1.165) is 64.2 Å². The minimum Gasteiger partial charge on any atom is -0.481 e. The van der Waals surface area contributed by atoms with Gasteiger partial charge in [0.2, 0.25) is 0 Å². The van der Waals surface area contributed by atoms with Crippen molar-refractivity contribution in [1.29, 1.82) is 0 Å². The summed E-state index contributed by atoms with van der Waals surface area (Å²) in [5.41, 5.74) is 11.1. The number of carbonyl (C=O) groups excluding carboxylic acids is 1. The Labute approximate surface area is 600 Å². The highest BCUT2D eigenvalue weighted by atomic mass is 32.2. The number of carboxylic acids is 1. The van der Waals surface area contributed by atoms with Crippen LogP contribution < -0.4 is 10.6 Å². The predicted molar refractivity (Wildman–Crippen MR) is 402 cm³/mol. The first-order valence-corrected chi connectivity index (χ1v) is 43.9. The van der Waals surface area contributed by atoms with Crippen molar-refractivity contribution in [2.75, 3.05) is 82.5 Å². The molecule has 12 nitrogen and oxygen atoms in total. The highest BCUT2D eigenvalue weighted by molar-refractivity contribution is 7.91. The first-order chi connectivity index (χ1) is 46.5. The van der Waals surface area contributed by atoms with Crippen molar-refractivity contribution >= 4 is 31.6 Å². The zero-order valence-corrected chi connectivity index (χ0v) is 65.8. The maximum atomic E-state index is 12.1. The standard InChI is InChI=1S/C43H68N2O4S.C42H66N2O4S/c1-29(2)32-13-18-43(44-21-22-45-23-25-50(47,48)26-24-45)20-19-41(6)34(38(32)43)11-12-36-40(5)16-14-33(31-10-9-30(27-31)28-37(46)49-8)39(3,4)35(40)15-17-42(36,41)7;1-28(2)31-12-17-42(43-20-21-44-22-24-49(47,48)25-23-44)19-18-40(6)33(37(31)42)10-11-35-39(5)15-13-32(30-9-8-29(26-30)27-36(45)46)38(3,4)34(39)14-16-41(35,40)7/h14,27,30,32,34-36,38,44H,1,9-13,15-26,28H2,2-8H3;13,26,29,31,33-35,37,43H,1,8-12,14-25,27H2,2-7H3,(H,45,46)/t30?,32-,34+,35-,36+,38+,40-,41+,42+,43-;29?,31-,33+,34-,35+,37+,39-,40+,41+,42-/m00/s1. The average Bonchev–Trinajstić information content (AvgIpc) is 1.58. The van der Waals surface area contributed by atoms with Gasteiger partial charge < -0.3 is 30.3 Å². The molecule has 0 aromatic carbocycles. The van der Waals surface area contributed by atoms with Gasteiger partial charge in [0, 0.05) is 63.4 Å². The Bertz CT molecular complexity index is 3500. The van der Waals surface area contributed by atoms with Gasteiger partial charge in [-0.15, -0.1) is 0 Å². The van der Waals surface area contributed by atoms with Gasteiger partial charge in [0.15, 0.2) is 19.7 Å². The lowest BCUT2D eigenvalue weighted by molar-refractivity contribution is -0.221. The molecule has 14 rings (SSSR count). The summed E-state index contributed by atoms with van der Waals surface area (Å²) in [5.74, 6) is 7.47. The quantitative estimate of drug-likeness (QED) is 0.0992. The molecule has 8 saturated carbocycles. The first-order valence-electron chi connectivity index (χ1n) is 40.2. The van der Waals surface area contributed by atoms with E-state index < -0.39 is 25.6 Å². The summed E-state index contributed by atoms with van der Waals surface area (Å²) in [7, 11) is -4.20. The number of carbonyl (C=O) groups is 2. The number of allylic oxidation sites excluding steroid dienone is 10. The van der Waals surface area contributed by atoms with Gasteiger partial charge >= 0.3 is 11.9 Å². The molecule has 0 amide bonds. The summed E-state index contributed by atoms with van der Waals surface area (Å²) in [5, 5.41) is 17.9. The van der Waals surface area contributed by atoms with Crippen molar-refractivity contribution in [2.45, 2.75) is 248 Å². The Morgan fingerprint density at radius 3 is 1.28 bits per heavy atom. The molecule has 0 radical (unpaired) electrons. The third kappa shape index (κ3) is 12.5. The number of sulfone groups is 2. The van der Waals surface area contributed by atoms with Crippen LogP contribution in [0.25, 0.3) is 0 Å². The third-order valence-corrected chi connectivity index (χ3v) is 37.4. The summed E-state index contributed by atoms with van der Waals surface area (Å²) in [6, 6.07) is 0. The second-order valence-corrected chi connectivity index (χ2v) is 43.6. The molecule has 2 unspecified atom stereocenters. The lowest BCUT2D eigenvalue weighted by Gasteiger charge is -2.72. The van der Waals surface area contributed by atoms with E-state index in [9.17, 15) is 31.5 Å². The van der Waals surface area contributed by atoms with Crippen LogP contribution in [0.4, 0.5) is 0 Å². The fraction of sp³-hybridized carbons (Fsp3) is 0.835. The number of carboxylic acid groups (broad SMARTS) is 1. The van der Waals surface area contributed by atoms with Gasteiger partial charge in [-0.05, 0) is 292 Å². The molecule has 2 saturated heterocycles. The van der Waals surface area contributed by atoms with Crippen LogP contribution >= 0.6 is 0 Å². The van der Waals surface area contributed by atoms with Gasteiger partial charge in [0.05, 0.1) is 43.0 Å². The van der Waals surface area contributed by atoms with E-state index >= 15 is 0 Å². The summed E-state index contributed by atoms with van der Waals surface area (Å²) in [6.45, 7) is 46.7. The van der Waals surface area contributed by atoms with Crippen molar-refractivity contribution in [3.63, 3.8) is 0 Å². The van der Waals surface area contributed by atoms with E-state index in [1.807, 2.05) is 0 Å². The normalized spacial score (nSPS) is 45.3. The zero-order valence-electron chi connectivity index (χ0n) is 64.1. The molecule has 14 aliphatic rings. The third-order valence-electron chi connectivity index (χ3n) is 34.2. The number of rotatable bonds is 16. The number of hydrogen-bond donors (Lipinski definition) is 3. The van der Waals surface area contributed by atoms with Crippen LogP contribution in [0.5, 0.6) is 0 Å². The SMILES string of the molecule is C=C(C)[C@@H]1CC[C@]2(NCCN3CCS(=O)(=O)CC3)CC[C@]3(C)[C@H](CC[C@@H]4[C@@]5(C)CC=C(C6=CC(CC(=O)O)CC6)C(C)(C)[C@@H]5CC[C@]43C)[C@@H]12.C=C(C)[C@@H]1CC[C@]2(NCCN3CCS(=O)(=O)CC3)CC[C@]3(C)[C@H](CC[C@@H]4[C@@]5(C)CC=C(C6=CC(CC(=O)OC)CC6)C(C)(C)[C@@H]5CC[C@]43C)[C@@H]12. The van der Waals surface area contributed by atoms with Crippen molar-refractivity contribution < 1.29 is 36.3 Å². The molecule has 14 heteroatoms. The molecule has 0 aromatic rings. The van der Waals surface area contributed by atoms with Gasteiger partial charge in [-0.1, -0.05) is 118 Å². The molecule has 20 atom stereocenters. The Morgan fingerprint density at radius 2 is 0.909 bits per heavy atom. The van der Waals surface area contributed by atoms with Crippen molar-refractivity contribution in [3.8, 4) is 0 Å². The fourth-order valence-electron chi connectivity index (χ4n) is 29.0. The Hall–Kier alpha value is -2.88. The molecule has 99 heavy (non-hydrogen) atoms. The number of esters is 1. The van der Waals surface area contributed by atoms with E-state index in [0.29, 0.717) is 136 Å². The van der Waals surface area contributed by atoms with E-state index in [-0.39, 0.29) is 51.0 Å². The molecular formula is C85H134N4O8S2. The van der Waals surface area contributed by atoms with Gasteiger partial charge in [0.25, 0.3) is 0 Å². The van der Waals surface area contributed by atoms with E-state index in [4.69, 9.17) is 4.74 Å². The highest BCUT2D eigenvalue weighted by Gasteiger charge is 2.73. The van der Waals surface area contributed by atoms with E-state index in [1.165, 1.54) is 144 Å². The van der Waals surface area contributed by atoms with E-state index in [2.05, 4.69) is 141 Å². The molecule has 554 valence electrons. The smallest absolute Gasteiger partial charge is 0.306 e. The maximum Gasteiger partial charge on any atom is 0.306 e. The van der Waals surface area contributed by atoms with Crippen LogP contribution in [0.1, 0.15) is 237 Å². The van der Waals surface area contributed by atoms with Crippen LogP contribution in [0.3, 0.4) is 0 Å². The summed E-state index contributed by atoms with van der Waals surface area (Å²) in [6.07, 6.45) is 37.9. The highest BCUT2D eigenvalue weighted by Crippen LogP contribution is 2.79. The predicted octanol–water partition coefficient (Wildman–Crippen LogP) is 16.2. The summed E-state index contributed by atoms with van der Waals surface area (Å²) < 4.78 is 53.1. The Kier molecular flexibility index (Phi) is 20.0. The van der Waals surface area contributed by atoms with Gasteiger partial charge in [-0.25, -0.2) is 16.8 Å². The number of nitrogens with zero attached hydrogens (tertiary/aromatic N) is 2. The van der Waals surface area contributed by atoms with Gasteiger partial charge in [0.1, 0.15) is 0 Å². The molecule has 2 aliphatic heterocycles. The number of aliphatic carboxylic acids is 1. The molecule has 12 aliphatic carbocycles. The van der Waals surface area contributed by atoms with Crippen LogP contribution in [0, 0.1) is 114 Å². The molecule has 10 fully saturated rings. The maximum absolute atomic E-state index is 12.1. The van der Waals surface area contributed by atoms with Crippen molar-refractivity contribution in [1.82, 2.24) is 20.4 Å². The first kappa shape index (κ1) is 74.4. The topological polar surface area (TPSA) is 162 Å². The number of hydrogen-bond acceptors (Lipinski definition) is 11. The fourth-order valence-corrected chi connectivity index (χ4v) is 31.5. The second kappa shape index (κ2) is 26.6. The Balaban J connectivity index is 0.000000178. The lowest BCUT2D eigenvalue weighted by Crippen LogP contribution is -2.68. The van der Waals surface area contributed by atoms with Crippen LogP contribution in [0.2, 0.25) is 0 Å². The van der Waals surface area contributed by atoms with Crippen molar-refractivity contribution in [2.24, 2.45) is 114 Å².